The van der Waals surface area contributed by atoms with Gasteiger partial charge in [-0.05, 0) is 56.9 Å². The van der Waals surface area contributed by atoms with Gasteiger partial charge in [-0.2, -0.15) is 0 Å². The van der Waals surface area contributed by atoms with Gasteiger partial charge in [-0.1, -0.05) is 0 Å². The molecule has 2 saturated heterocycles. The maximum atomic E-state index is 14.8. The van der Waals surface area contributed by atoms with Crippen molar-refractivity contribution in [3.8, 4) is 11.4 Å². The Labute approximate surface area is 203 Å². The molecule has 2 aliphatic rings. The maximum absolute atomic E-state index is 14.8. The molecule has 1 amide bonds. The minimum Gasteiger partial charge on any atom is -0.381 e. The molecule has 3 aromatic rings. The SMILES string of the molecule is Cc1ncc(-c2nc(Nc3ccc(C(=O)NC4CCOCC4)cc3)ncc2F)n1C1CCOCC1. The monoisotopic (exact) mass is 480 g/mol. The number of halogens is 1. The lowest BCUT2D eigenvalue weighted by atomic mass is 10.1. The highest BCUT2D eigenvalue weighted by atomic mass is 19.1. The van der Waals surface area contributed by atoms with Crippen LogP contribution in [0, 0.1) is 12.7 Å². The number of carbonyl (C=O) groups is 1. The van der Waals surface area contributed by atoms with Crippen molar-refractivity contribution in [2.75, 3.05) is 31.7 Å². The van der Waals surface area contributed by atoms with Gasteiger partial charge in [0.25, 0.3) is 5.91 Å². The number of benzene rings is 1. The zero-order valence-corrected chi connectivity index (χ0v) is 19.7. The molecule has 10 heteroatoms. The van der Waals surface area contributed by atoms with Crippen molar-refractivity contribution in [2.45, 2.75) is 44.7 Å². The smallest absolute Gasteiger partial charge is 0.251 e. The van der Waals surface area contributed by atoms with Crippen LogP contribution < -0.4 is 10.6 Å². The molecule has 2 aromatic heterocycles. The third-order valence-corrected chi connectivity index (χ3v) is 6.48. The quantitative estimate of drug-likeness (QED) is 0.553. The summed E-state index contributed by atoms with van der Waals surface area (Å²) in [5.41, 5.74) is 2.08. The number of amides is 1. The Balaban J connectivity index is 1.31. The number of imidazole rings is 1. The topological polar surface area (TPSA) is 103 Å². The van der Waals surface area contributed by atoms with Gasteiger partial charge in [0.05, 0.1) is 18.1 Å². The van der Waals surface area contributed by atoms with E-state index >= 15 is 0 Å². The van der Waals surface area contributed by atoms with Crippen LogP contribution in [-0.4, -0.2) is 57.9 Å². The van der Waals surface area contributed by atoms with E-state index in [1.165, 1.54) is 0 Å². The van der Waals surface area contributed by atoms with Crippen LogP contribution >= 0.6 is 0 Å². The van der Waals surface area contributed by atoms with Crippen molar-refractivity contribution in [3.63, 3.8) is 0 Å². The summed E-state index contributed by atoms with van der Waals surface area (Å²) < 4.78 is 27.7. The van der Waals surface area contributed by atoms with E-state index in [0.717, 1.165) is 37.7 Å². The van der Waals surface area contributed by atoms with E-state index in [1.807, 2.05) is 11.5 Å². The maximum Gasteiger partial charge on any atom is 0.251 e. The van der Waals surface area contributed by atoms with Crippen molar-refractivity contribution in [1.29, 1.82) is 0 Å². The number of carbonyl (C=O) groups excluding carboxylic acids is 1. The molecule has 184 valence electrons. The first-order valence-corrected chi connectivity index (χ1v) is 12.0. The average Bonchev–Trinajstić information content (AvgIpc) is 3.27. The molecule has 0 radical (unpaired) electrons. The number of rotatable bonds is 6. The van der Waals surface area contributed by atoms with Crippen molar-refractivity contribution in [1.82, 2.24) is 24.8 Å². The predicted octanol–water partition coefficient (Wildman–Crippen LogP) is 3.79. The molecule has 0 bridgehead atoms. The third kappa shape index (κ3) is 5.33. The van der Waals surface area contributed by atoms with Crippen LogP contribution in [-0.2, 0) is 9.47 Å². The molecule has 2 aliphatic heterocycles. The molecule has 2 fully saturated rings. The van der Waals surface area contributed by atoms with Gasteiger partial charge in [0.2, 0.25) is 5.95 Å². The fourth-order valence-electron chi connectivity index (χ4n) is 4.58. The standard InChI is InChI=1S/C25H29FN6O3/c1-16-27-15-22(32(16)20-8-12-35-13-9-20)23-21(26)14-28-25(31-23)30-18-4-2-17(3-5-18)24(33)29-19-6-10-34-11-7-19/h2-5,14-15,19-20H,6-13H2,1H3,(H,29,33)(H,28,30,31). The molecule has 0 spiro atoms. The number of nitrogens with zero attached hydrogens (tertiary/aromatic N) is 4. The molecule has 2 N–H and O–H groups in total. The molecule has 4 heterocycles. The van der Waals surface area contributed by atoms with Gasteiger partial charge in [0, 0.05) is 49.8 Å². The molecule has 5 rings (SSSR count). The molecular weight excluding hydrogens is 451 g/mol. The van der Waals surface area contributed by atoms with Gasteiger partial charge in [0.1, 0.15) is 11.5 Å². The second-order valence-corrected chi connectivity index (χ2v) is 8.86. The Morgan fingerprint density at radius 3 is 2.40 bits per heavy atom. The number of anilines is 2. The van der Waals surface area contributed by atoms with Crippen molar-refractivity contribution >= 4 is 17.5 Å². The van der Waals surface area contributed by atoms with E-state index in [9.17, 15) is 9.18 Å². The Morgan fingerprint density at radius 1 is 1.00 bits per heavy atom. The minimum atomic E-state index is -0.510. The summed E-state index contributed by atoms with van der Waals surface area (Å²) in [6.07, 6.45) is 6.15. The summed E-state index contributed by atoms with van der Waals surface area (Å²) in [7, 11) is 0. The van der Waals surface area contributed by atoms with E-state index in [0.29, 0.717) is 43.4 Å². The number of nitrogens with one attached hydrogen (secondary N) is 2. The fourth-order valence-corrected chi connectivity index (χ4v) is 4.58. The number of hydrogen-bond acceptors (Lipinski definition) is 7. The van der Waals surface area contributed by atoms with Crippen LogP contribution in [0.1, 0.15) is 47.9 Å². The second kappa shape index (κ2) is 10.5. The summed E-state index contributed by atoms with van der Waals surface area (Å²) in [5.74, 6) is 0.455. The Kier molecular flexibility index (Phi) is 7.01. The highest BCUT2D eigenvalue weighted by Gasteiger charge is 2.24. The van der Waals surface area contributed by atoms with Crippen molar-refractivity contribution in [2.24, 2.45) is 0 Å². The van der Waals surface area contributed by atoms with Crippen LogP contribution in [0.4, 0.5) is 16.0 Å². The lowest BCUT2D eigenvalue weighted by Crippen LogP contribution is -2.38. The third-order valence-electron chi connectivity index (χ3n) is 6.48. The molecule has 9 nitrogen and oxygen atoms in total. The number of aryl methyl sites for hydroxylation is 1. The summed E-state index contributed by atoms with van der Waals surface area (Å²) in [5, 5.41) is 6.16. The molecule has 0 unspecified atom stereocenters. The molecule has 1 aromatic carbocycles. The Morgan fingerprint density at radius 2 is 1.69 bits per heavy atom. The summed E-state index contributed by atoms with van der Waals surface area (Å²) in [6, 6.07) is 7.37. The first-order valence-electron chi connectivity index (χ1n) is 12.0. The molecule has 0 saturated carbocycles. The Bertz CT molecular complexity index is 1170. The van der Waals surface area contributed by atoms with Gasteiger partial charge >= 0.3 is 0 Å². The zero-order valence-electron chi connectivity index (χ0n) is 19.7. The van der Waals surface area contributed by atoms with Gasteiger partial charge in [-0.3, -0.25) is 4.79 Å². The van der Waals surface area contributed by atoms with E-state index in [4.69, 9.17) is 9.47 Å². The Hall–Kier alpha value is -3.37. The molecule has 35 heavy (non-hydrogen) atoms. The summed E-state index contributed by atoms with van der Waals surface area (Å²) >= 11 is 0. The largest absolute Gasteiger partial charge is 0.381 e. The highest BCUT2D eigenvalue weighted by molar-refractivity contribution is 5.94. The number of hydrogen-bond donors (Lipinski definition) is 2. The van der Waals surface area contributed by atoms with Gasteiger partial charge in [0.15, 0.2) is 5.82 Å². The number of ether oxygens (including phenoxy) is 2. The van der Waals surface area contributed by atoms with E-state index < -0.39 is 5.82 Å². The molecule has 0 aliphatic carbocycles. The predicted molar refractivity (Wildman–Crippen MR) is 128 cm³/mol. The van der Waals surface area contributed by atoms with Crippen LogP contribution in [0.5, 0.6) is 0 Å². The van der Waals surface area contributed by atoms with Crippen molar-refractivity contribution in [3.05, 3.63) is 53.9 Å². The van der Waals surface area contributed by atoms with Gasteiger partial charge in [-0.15, -0.1) is 0 Å². The lowest BCUT2D eigenvalue weighted by Gasteiger charge is -2.26. The first-order chi connectivity index (χ1) is 17.1. The van der Waals surface area contributed by atoms with E-state index in [2.05, 4.69) is 25.6 Å². The van der Waals surface area contributed by atoms with Crippen LogP contribution in [0.15, 0.2) is 36.7 Å². The normalized spacial score (nSPS) is 17.3. The van der Waals surface area contributed by atoms with Crippen LogP contribution in [0.2, 0.25) is 0 Å². The first kappa shape index (κ1) is 23.4. The molecule has 0 atom stereocenters. The molecular formula is C25H29FN6O3. The fraction of sp³-hybridized carbons (Fsp3) is 0.440. The second-order valence-electron chi connectivity index (χ2n) is 8.86. The van der Waals surface area contributed by atoms with Crippen LogP contribution in [0.25, 0.3) is 11.4 Å². The highest BCUT2D eigenvalue weighted by Crippen LogP contribution is 2.31. The average molecular weight is 481 g/mol. The summed E-state index contributed by atoms with van der Waals surface area (Å²) in [4.78, 5) is 25.5. The minimum absolute atomic E-state index is 0.111. The number of aromatic nitrogens is 4. The van der Waals surface area contributed by atoms with Crippen molar-refractivity contribution < 1.29 is 18.7 Å². The van der Waals surface area contributed by atoms with Gasteiger partial charge in [-0.25, -0.2) is 19.3 Å². The zero-order chi connectivity index (χ0) is 24.2. The van der Waals surface area contributed by atoms with Crippen LogP contribution in [0.3, 0.4) is 0 Å². The lowest BCUT2D eigenvalue weighted by molar-refractivity contribution is 0.0692. The van der Waals surface area contributed by atoms with Gasteiger partial charge < -0.3 is 24.7 Å². The van der Waals surface area contributed by atoms with E-state index in [-0.39, 0.29) is 29.6 Å². The summed E-state index contributed by atoms with van der Waals surface area (Å²) in [6.45, 7) is 4.59. The van der Waals surface area contributed by atoms with E-state index in [1.54, 1.807) is 30.5 Å².